The fourth-order valence-electron chi connectivity index (χ4n) is 2.48. The zero-order valence-corrected chi connectivity index (χ0v) is 9.59. The van der Waals surface area contributed by atoms with E-state index in [1.54, 1.807) is 0 Å². The van der Waals surface area contributed by atoms with Gasteiger partial charge in [-0.05, 0) is 23.7 Å². The number of hydrazine groups is 1. The molecule has 2 rings (SSSR count). The molecule has 2 aliphatic rings. The van der Waals surface area contributed by atoms with Gasteiger partial charge in [-0.2, -0.15) is 0 Å². The molecule has 2 saturated carbocycles. The van der Waals surface area contributed by atoms with Gasteiger partial charge in [0.25, 0.3) is 0 Å². The molecule has 0 radical (unpaired) electrons. The average Bonchev–Trinajstić information content (AvgIpc) is 2.91. The van der Waals surface area contributed by atoms with Crippen molar-refractivity contribution in [2.75, 3.05) is 0 Å². The van der Waals surface area contributed by atoms with Crippen LogP contribution in [-0.4, -0.2) is 11.9 Å². The van der Waals surface area contributed by atoms with Crippen molar-refractivity contribution in [3.05, 3.63) is 0 Å². The summed E-state index contributed by atoms with van der Waals surface area (Å²) < 4.78 is 0. The van der Waals surface area contributed by atoms with E-state index in [2.05, 4.69) is 38.1 Å². The first-order valence-electron chi connectivity index (χ1n) is 5.45. The van der Waals surface area contributed by atoms with Crippen LogP contribution in [0, 0.1) is 16.7 Å². The van der Waals surface area contributed by atoms with E-state index in [9.17, 15) is 0 Å². The zero-order valence-electron chi connectivity index (χ0n) is 9.59. The minimum Gasteiger partial charge on any atom is -0.312 e. The third-order valence-corrected chi connectivity index (χ3v) is 4.31. The Balaban J connectivity index is 2.15. The number of hydrogen-bond donors (Lipinski definition) is 2. The molecular weight excluding hydrogens is 174 g/mol. The minimum atomic E-state index is 0.326. The van der Waals surface area contributed by atoms with Crippen LogP contribution in [0.5, 0.6) is 0 Å². The normalized spacial score (nSPS) is 30.2. The fourth-order valence-corrected chi connectivity index (χ4v) is 2.48. The Kier molecular flexibility index (Phi) is 1.94. The summed E-state index contributed by atoms with van der Waals surface area (Å²) in [5.41, 5.74) is 3.45. The summed E-state index contributed by atoms with van der Waals surface area (Å²) in [6, 6.07) is 0.549. The molecule has 80 valence electrons. The molecule has 0 bridgehead atoms. The van der Waals surface area contributed by atoms with Gasteiger partial charge in [0.2, 0.25) is 0 Å². The van der Waals surface area contributed by atoms with E-state index >= 15 is 0 Å². The Labute approximate surface area is 86.1 Å². The van der Waals surface area contributed by atoms with Crippen LogP contribution < -0.4 is 11.3 Å². The van der Waals surface area contributed by atoms with Crippen LogP contribution in [0.15, 0.2) is 4.99 Å². The average molecular weight is 195 g/mol. The van der Waals surface area contributed by atoms with E-state index in [0.29, 0.717) is 22.8 Å². The molecule has 0 aromatic carbocycles. The van der Waals surface area contributed by atoms with E-state index in [0.717, 1.165) is 5.84 Å². The van der Waals surface area contributed by atoms with Crippen LogP contribution in [0.3, 0.4) is 0 Å². The molecule has 0 aromatic heterocycles. The molecule has 0 aliphatic heterocycles. The summed E-state index contributed by atoms with van der Waals surface area (Å²) in [7, 11) is 0. The number of aliphatic imine (C=N–C) groups is 1. The van der Waals surface area contributed by atoms with Crippen molar-refractivity contribution in [1.29, 1.82) is 0 Å². The topological polar surface area (TPSA) is 50.4 Å². The van der Waals surface area contributed by atoms with E-state index < -0.39 is 0 Å². The second kappa shape index (κ2) is 2.72. The number of nitrogens with zero attached hydrogens (tertiary/aromatic N) is 1. The van der Waals surface area contributed by atoms with Crippen LogP contribution in [0.2, 0.25) is 0 Å². The zero-order chi connectivity index (χ0) is 10.6. The van der Waals surface area contributed by atoms with Crippen molar-refractivity contribution in [1.82, 2.24) is 5.43 Å². The summed E-state index contributed by atoms with van der Waals surface area (Å²) in [5.74, 6) is 7.07. The lowest BCUT2D eigenvalue weighted by molar-refractivity contribution is 0.457. The third-order valence-electron chi connectivity index (χ3n) is 4.31. The van der Waals surface area contributed by atoms with Gasteiger partial charge in [0, 0.05) is 5.92 Å². The molecule has 3 N–H and O–H groups in total. The highest BCUT2D eigenvalue weighted by molar-refractivity contribution is 5.89. The molecule has 3 nitrogen and oxygen atoms in total. The Bertz CT molecular complexity index is 260. The summed E-state index contributed by atoms with van der Waals surface area (Å²) in [6.07, 6.45) is 2.47. The summed E-state index contributed by atoms with van der Waals surface area (Å²) in [5, 5.41) is 0. The SMILES string of the molecule is CC1(C)C(C(=NC2CC2)NN)C1(C)C. The lowest BCUT2D eigenvalue weighted by Crippen LogP contribution is -2.34. The van der Waals surface area contributed by atoms with Crippen molar-refractivity contribution in [3.8, 4) is 0 Å². The number of amidine groups is 1. The van der Waals surface area contributed by atoms with Crippen LogP contribution in [0.4, 0.5) is 0 Å². The maximum absolute atomic E-state index is 5.55. The number of rotatable bonds is 2. The number of nitrogens with one attached hydrogen (secondary N) is 1. The minimum absolute atomic E-state index is 0.326. The Morgan fingerprint density at radius 1 is 1.21 bits per heavy atom. The molecule has 3 heteroatoms. The van der Waals surface area contributed by atoms with Crippen molar-refractivity contribution in [2.24, 2.45) is 27.6 Å². The van der Waals surface area contributed by atoms with E-state index in [-0.39, 0.29) is 0 Å². The largest absolute Gasteiger partial charge is 0.312 e. The molecule has 2 fully saturated rings. The van der Waals surface area contributed by atoms with E-state index in [1.807, 2.05) is 0 Å². The van der Waals surface area contributed by atoms with Crippen molar-refractivity contribution in [3.63, 3.8) is 0 Å². The van der Waals surface area contributed by atoms with Crippen molar-refractivity contribution >= 4 is 5.84 Å². The van der Waals surface area contributed by atoms with Gasteiger partial charge in [-0.3, -0.25) is 4.99 Å². The molecule has 0 saturated heterocycles. The highest BCUT2D eigenvalue weighted by Gasteiger charge is 2.67. The van der Waals surface area contributed by atoms with Crippen molar-refractivity contribution in [2.45, 2.75) is 46.6 Å². The van der Waals surface area contributed by atoms with Gasteiger partial charge < -0.3 is 5.43 Å². The van der Waals surface area contributed by atoms with E-state index in [1.165, 1.54) is 12.8 Å². The van der Waals surface area contributed by atoms with Gasteiger partial charge in [-0.15, -0.1) is 0 Å². The maximum Gasteiger partial charge on any atom is 0.115 e. The smallest absolute Gasteiger partial charge is 0.115 e. The Hall–Kier alpha value is -0.570. The fraction of sp³-hybridized carbons (Fsp3) is 0.909. The molecular formula is C11H21N3. The lowest BCUT2D eigenvalue weighted by Gasteiger charge is -2.06. The van der Waals surface area contributed by atoms with Gasteiger partial charge in [0.15, 0.2) is 0 Å². The van der Waals surface area contributed by atoms with Crippen molar-refractivity contribution < 1.29 is 0 Å². The lowest BCUT2D eigenvalue weighted by atomic mass is 10.0. The highest BCUT2D eigenvalue weighted by atomic mass is 15.3. The van der Waals surface area contributed by atoms with Crippen LogP contribution in [0.1, 0.15) is 40.5 Å². The highest BCUT2D eigenvalue weighted by Crippen LogP contribution is 2.68. The van der Waals surface area contributed by atoms with Crippen LogP contribution in [0.25, 0.3) is 0 Å². The first-order valence-corrected chi connectivity index (χ1v) is 5.45. The molecule has 0 amide bonds. The molecule has 0 spiro atoms. The Morgan fingerprint density at radius 3 is 2.00 bits per heavy atom. The van der Waals surface area contributed by atoms with E-state index in [4.69, 9.17) is 5.84 Å². The van der Waals surface area contributed by atoms with Crippen LogP contribution in [-0.2, 0) is 0 Å². The summed E-state index contributed by atoms with van der Waals surface area (Å²) >= 11 is 0. The predicted molar refractivity (Wildman–Crippen MR) is 58.8 cm³/mol. The number of nitrogens with two attached hydrogens (primary N) is 1. The molecule has 0 heterocycles. The summed E-state index contributed by atoms with van der Waals surface area (Å²) in [4.78, 5) is 4.64. The first-order chi connectivity index (χ1) is 6.41. The second-order valence-electron chi connectivity index (χ2n) is 5.77. The molecule has 0 atom stereocenters. The third kappa shape index (κ3) is 1.26. The predicted octanol–water partition coefficient (Wildman–Crippen LogP) is 1.69. The molecule has 0 unspecified atom stereocenters. The Morgan fingerprint density at radius 2 is 1.71 bits per heavy atom. The molecule has 0 aromatic rings. The molecule has 14 heavy (non-hydrogen) atoms. The summed E-state index contributed by atoms with van der Waals surface area (Å²) in [6.45, 7) is 9.16. The van der Waals surface area contributed by atoms with Gasteiger partial charge in [0.05, 0.1) is 6.04 Å². The van der Waals surface area contributed by atoms with Gasteiger partial charge >= 0.3 is 0 Å². The van der Waals surface area contributed by atoms with Gasteiger partial charge in [-0.25, -0.2) is 5.84 Å². The van der Waals surface area contributed by atoms with Crippen LogP contribution >= 0.6 is 0 Å². The molecule has 2 aliphatic carbocycles. The quantitative estimate of drug-likeness (QED) is 0.305. The van der Waals surface area contributed by atoms with Gasteiger partial charge in [0.1, 0.15) is 5.84 Å². The van der Waals surface area contributed by atoms with Gasteiger partial charge in [-0.1, -0.05) is 27.7 Å². The second-order valence-corrected chi connectivity index (χ2v) is 5.77. The first kappa shape index (κ1) is 9.97. The monoisotopic (exact) mass is 195 g/mol. The maximum atomic E-state index is 5.55. The standard InChI is InChI=1S/C11H21N3/c1-10(2)8(11(10,3)4)9(14-12)13-7-5-6-7/h7-8H,5-6,12H2,1-4H3,(H,13,14). The number of hydrogen-bond acceptors (Lipinski definition) is 2.